The number of amides is 3. The van der Waals surface area contributed by atoms with Gasteiger partial charge in [0, 0.05) is 0 Å². The number of aryl methyl sites for hydroxylation is 2. The minimum absolute atomic E-state index is 0.0654. The molecule has 0 atom stereocenters. The van der Waals surface area contributed by atoms with E-state index in [0.29, 0.717) is 22.3 Å². The first-order chi connectivity index (χ1) is 11.8. The van der Waals surface area contributed by atoms with Gasteiger partial charge in [0.1, 0.15) is 17.3 Å². The zero-order valence-corrected chi connectivity index (χ0v) is 13.8. The lowest BCUT2D eigenvalue weighted by molar-refractivity contribution is -0.123. The number of aromatic hydroxyl groups is 1. The van der Waals surface area contributed by atoms with Crippen molar-refractivity contribution >= 4 is 18.0 Å². The molecule has 1 aliphatic rings. The Balaban J connectivity index is 1.84. The second-order valence-electron chi connectivity index (χ2n) is 6.01. The van der Waals surface area contributed by atoms with Crippen molar-refractivity contribution in [2.45, 2.75) is 20.4 Å². The van der Waals surface area contributed by atoms with Crippen LogP contribution in [0.3, 0.4) is 0 Å². The molecule has 1 aliphatic heterocycles. The maximum absolute atomic E-state index is 13.0. The van der Waals surface area contributed by atoms with Crippen LogP contribution in [0, 0.1) is 19.7 Å². The predicted molar refractivity (Wildman–Crippen MR) is 91.0 cm³/mol. The molecule has 0 radical (unpaired) electrons. The molecule has 0 aliphatic carbocycles. The van der Waals surface area contributed by atoms with Crippen molar-refractivity contribution in [3.8, 4) is 5.75 Å². The van der Waals surface area contributed by atoms with Crippen LogP contribution in [-0.4, -0.2) is 21.9 Å². The molecule has 3 amide bonds. The van der Waals surface area contributed by atoms with E-state index >= 15 is 0 Å². The number of rotatable bonds is 3. The van der Waals surface area contributed by atoms with Gasteiger partial charge in [0.15, 0.2) is 0 Å². The fourth-order valence-electron chi connectivity index (χ4n) is 2.73. The Morgan fingerprint density at radius 3 is 2.32 bits per heavy atom. The SMILES string of the molecule is Cc1cc(/C=C2\NC(=O)N(Cc3ccc(F)cc3)C2=O)cc(C)c1O. The number of hydrogen-bond donors (Lipinski definition) is 2. The lowest BCUT2D eigenvalue weighted by Gasteiger charge is -2.11. The summed E-state index contributed by atoms with van der Waals surface area (Å²) in [5, 5.41) is 12.4. The maximum atomic E-state index is 13.0. The molecule has 0 saturated carbocycles. The van der Waals surface area contributed by atoms with Gasteiger partial charge in [0.05, 0.1) is 6.54 Å². The number of urea groups is 1. The van der Waals surface area contributed by atoms with E-state index in [9.17, 15) is 19.1 Å². The van der Waals surface area contributed by atoms with Crippen LogP contribution in [0.5, 0.6) is 5.75 Å². The average Bonchev–Trinajstić information content (AvgIpc) is 2.82. The quantitative estimate of drug-likeness (QED) is 0.666. The number of carbonyl (C=O) groups is 2. The van der Waals surface area contributed by atoms with E-state index in [1.165, 1.54) is 24.3 Å². The third-order valence-corrected chi connectivity index (χ3v) is 4.04. The van der Waals surface area contributed by atoms with E-state index in [0.717, 1.165) is 4.90 Å². The fraction of sp³-hybridized carbons (Fsp3) is 0.158. The Labute approximate surface area is 144 Å². The van der Waals surface area contributed by atoms with Gasteiger partial charge in [0.25, 0.3) is 5.91 Å². The largest absolute Gasteiger partial charge is 0.507 e. The highest BCUT2D eigenvalue weighted by atomic mass is 19.1. The first-order valence-corrected chi connectivity index (χ1v) is 7.74. The summed E-state index contributed by atoms with van der Waals surface area (Å²) in [7, 11) is 0. The van der Waals surface area contributed by atoms with Crippen molar-refractivity contribution in [1.82, 2.24) is 10.2 Å². The number of phenols is 1. The summed E-state index contributed by atoms with van der Waals surface area (Å²) in [4.78, 5) is 25.6. The van der Waals surface area contributed by atoms with Crippen LogP contribution in [0.25, 0.3) is 6.08 Å². The molecule has 128 valence electrons. The van der Waals surface area contributed by atoms with Gasteiger partial charge in [-0.05, 0) is 66.4 Å². The summed E-state index contributed by atoms with van der Waals surface area (Å²) in [5.74, 6) is -0.612. The first kappa shape index (κ1) is 16.7. The Kier molecular flexibility index (Phi) is 4.27. The molecule has 1 fully saturated rings. The Hall–Kier alpha value is -3.15. The van der Waals surface area contributed by atoms with E-state index < -0.39 is 11.9 Å². The molecule has 1 heterocycles. The Bertz CT molecular complexity index is 865. The standard InChI is InChI=1S/C19H17FN2O3/c1-11-7-14(8-12(2)17(11)23)9-16-18(24)22(19(25)21-16)10-13-3-5-15(20)6-4-13/h3-9,23H,10H2,1-2H3,(H,21,25)/b16-9-. The summed E-state index contributed by atoms with van der Waals surface area (Å²) in [6.07, 6.45) is 1.57. The summed E-state index contributed by atoms with van der Waals surface area (Å²) in [6.45, 7) is 3.59. The molecule has 5 nitrogen and oxygen atoms in total. The van der Waals surface area contributed by atoms with Crippen LogP contribution in [0.1, 0.15) is 22.3 Å². The lowest BCUT2D eigenvalue weighted by atomic mass is 10.0. The number of imide groups is 1. The molecule has 2 aromatic carbocycles. The molecule has 2 aromatic rings. The summed E-state index contributed by atoms with van der Waals surface area (Å²) in [5.41, 5.74) is 2.90. The molecule has 25 heavy (non-hydrogen) atoms. The van der Waals surface area contributed by atoms with Crippen molar-refractivity contribution in [2.75, 3.05) is 0 Å². The zero-order valence-electron chi connectivity index (χ0n) is 13.8. The normalized spacial score (nSPS) is 15.8. The minimum atomic E-state index is -0.521. The number of nitrogens with zero attached hydrogens (tertiary/aromatic N) is 1. The molecule has 0 unspecified atom stereocenters. The van der Waals surface area contributed by atoms with Crippen molar-refractivity contribution in [3.05, 3.63) is 70.2 Å². The van der Waals surface area contributed by atoms with Crippen molar-refractivity contribution in [2.24, 2.45) is 0 Å². The Morgan fingerprint density at radius 2 is 1.72 bits per heavy atom. The van der Waals surface area contributed by atoms with Gasteiger partial charge in [-0.3, -0.25) is 9.69 Å². The number of carbonyl (C=O) groups excluding carboxylic acids is 2. The van der Waals surface area contributed by atoms with Gasteiger partial charge in [0.2, 0.25) is 0 Å². The molecular weight excluding hydrogens is 323 g/mol. The van der Waals surface area contributed by atoms with Crippen molar-refractivity contribution in [3.63, 3.8) is 0 Å². The molecule has 0 spiro atoms. The number of halogens is 1. The number of benzene rings is 2. The monoisotopic (exact) mass is 340 g/mol. The smallest absolute Gasteiger partial charge is 0.329 e. The molecule has 6 heteroatoms. The van der Waals surface area contributed by atoms with Gasteiger partial charge >= 0.3 is 6.03 Å². The van der Waals surface area contributed by atoms with Gasteiger partial charge in [-0.15, -0.1) is 0 Å². The molecular formula is C19H17FN2O3. The molecule has 0 aromatic heterocycles. The van der Waals surface area contributed by atoms with E-state index in [2.05, 4.69) is 5.32 Å². The number of phenolic OH excluding ortho intramolecular Hbond substituents is 1. The van der Waals surface area contributed by atoms with Gasteiger partial charge in [-0.1, -0.05) is 12.1 Å². The highest BCUT2D eigenvalue weighted by Crippen LogP contribution is 2.25. The van der Waals surface area contributed by atoms with Gasteiger partial charge in [-0.25, -0.2) is 9.18 Å². The summed E-state index contributed by atoms with van der Waals surface area (Å²) >= 11 is 0. The van der Waals surface area contributed by atoms with E-state index in [-0.39, 0.29) is 23.8 Å². The van der Waals surface area contributed by atoms with E-state index in [1.807, 2.05) is 0 Å². The number of hydrogen-bond acceptors (Lipinski definition) is 3. The Morgan fingerprint density at radius 1 is 1.12 bits per heavy atom. The molecule has 0 bridgehead atoms. The van der Waals surface area contributed by atoms with Crippen LogP contribution in [0.15, 0.2) is 42.1 Å². The van der Waals surface area contributed by atoms with Crippen molar-refractivity contribution < 1.29 is 19.1 Å². The molecule has 3 rings (SSSR count). The van der Waals surface area contributed by atoms with Crippen molar-refractivity contribution in [1.29, 1.82) is 0 Å². The van der Waals surface area contributed by atoms with Crippen LogP contribution in [-0.2, 0) is 11.3 Å². The highest BCUT2D eigenvalue weighted by molar-refractivity contribution is 6.13. The highest BCUT2D eigenvalue weighted by Gasteiger charge is 2.33. The zero-order chi connectivity index (χ0) is 18.1. The third-order valence-electron chi connectivity index (χ3n) is 4.04. The summed E-state index contributed by atoms with van der Waals surface area (Å²) in [6, 6.07) is 8.58. The van der Waals surface area contributed by atoms with Crippen LogP contribution < -0.4 is 5.32 Å². The number of nitrogens with one attached hydrogen (secondary N) is 1. The second-order valence-corrected chi connectivity index (χ2v) is 6.01. The lowest BCUT2D eigenvalue weighted by Crippen LogP contribution is -2.30. The molecule has 2 N–H and O–H groups in total. The van der Waals surface area contributed by atoms with E-state index in [1.54, 1.807) is 32.1 Å². The fourth-order valence-corrected chi connectivity index (χ4v) is 2.73. The maximum Gasteiger partial charge on any atom is 0.329 e. The van der Waals surface area contributed by atoms with Crippen LogP contribution in [0.2, 0.25) is 0 Å². The predicted octanol–water partition coefficient (Wildman–Crippen LogP) is 3.24. The van der Waals surface area contributed by atoms with E-state index in [4.69, 9.17) is 0 Å². The van der Waals surface area contributed by atoms with Gasteiger partial charge < -0.3 is 10.4 Å². The van der Waals surface area contributed by atoms with Gasteiger partial charge in [-0.2, -0.15) is 0 Å². The summed E-state index contributed by atoms with van der Waals surface area (Å²) < 4.78 is 13.0. The van der Waals surface area contributed by atoms with Crippen LogP contribution >= 0.6 is 0 Å². The average molecular weight is 340 g/mol. The topological polar surface area (TPSA) is 69.6 Å². The first-order valence-electron chi connectivity index (χ1n) is 7.74. The second kappa shape index (κ2) is 6.39. The third kappa shape index (κ3) is 3.38. The van der Waals surface area contributed by atoms with Crippen LogP contribution in [0.4, 0.5) is 9.18 Å². The molecule has 1 saturated heterocycles. The minimum Gasteiger partial charge on any atom is -0.507 e.